The Morgan fingerprint density at radius 1 is 1.20 bits per heavy atom. The second kappa shape index (κ2) is 8.05. The van der Waals surface area contributed by atoms with Gasteiger partial charge in [0.05, 0.1) is 28.2 Å². The molecular formula is C22H19FN4O3. The molecule has 1 atom stereocenters. The smallest absolute Gasteiger partial charge is 0.270 e. The van der Waals surface area contributed by atoms with Gasteiger partial charge in [-0.1, -0.05) is 12.1 Å². The molecule has 0 radical (unpaired) electrons. The Morgan fingerprint density at radius 3 is 2.53 bits per heavy atom. The van der Waals surface area contributed by atoms with Crippen LogP contribution in [0.1, 0.15) is 30.1 Å². The molecule has 0 saturated carbocycles. The first kappa shape index (κ1) is 19.7. The van der Waals surface area contributed by atoms with Gasteiger partial charge >= 0.3 is 0 Å². The molecule has 1 unspecified atom stereocenters. The number of nitrogens with zero attached hydrogens (tertiary/aromatic N) is 4. The molecule has 0 aliphatic carbocycles. The Bertz CT molecular complexity index is 1140. The van der Waals surface area contributed by atoms with Crippen molar-refractivity contribution >= 4 is 22.4 Å². The van der Waals surface area contributed by atoms with Crippen molar-refractivity contribution in [3.8, 4) is 6.07 Å². The molecule has 0 spiro atoms. The minimum atomic E-state index is -0.660. The number of pyridine rings is 1. The van der Waals surface area contributed by atoms with Crippen molar-refractivity contribution in [2.45, 2.75) is 18.9 Å². The van der Waals surface area contributed by atoms with Gasteiger partial charge in [0.1, 0.15) is 11.6 Å². The molecule has 0 bridgehead atoms. The predicted molar refractivity (Wildman–Crippen MR) is 109 cm³/mol. The number of non-ortho nitro benzene ring substituents is 1. The van der Waals surface area contributed by atoms with Crippen LogP contribution in [0.5, 0.6) is 0 Å². The lowest BCUT2D eigenvalue weighted by molar-refractivity contribution is -0.384. The lowest BCUT2D eigenvalue weighted by Gasteiger charge is -2.35. The summed E-state index contributed by atoms with van der Waals surface area (Å²) in [5, 5.41) is 31.6. The van der Waals surface area contributed by atoms with Gasteiger partial charge in [-0.15, -0.1) is 0 Å². The summed E-state index contributed by atoms with van der Waals surface area (Å²) in [4.78, 5) is 17.2. The highest BCUT2D eigenvalue weighted by atomic mass is 19.1. The number of piperidine rings is 1. The van der Waals surface area contributed by atoms with Crippen molar-refractivity contribution in [1.82, 2.24) is 4.98 Å². The van der Waals surface area contributed by atoms with E-state index in [4.69, 9.17) is 0 Å². The number of halogens is 1. The molecule has 1 N–H and O–H groups in total. The number of rotatable bonds is 4. The third kappa shape index (κ3) is 3.80. The second-order valence-electron chi connectivity index (χ2n) is 7.42. The average molecular weight is 406 g/mol. The van der Waals surface area contributed by atoms with Crippen LogP contribution in [0.15, 0.2) is 48.5 Å². The number of nitro benzene ring substituents is 1. The van der Waals surface area contributed by atoms with Gasteiger partial charge in [0, 0.05) is 30.6 Å². The van der Waals surface area contributed by atoms with E-state index in [0.29, 0.717) is 40.9 Å². The van der Waals surface area contributed by atoms with E-state index in [1.165, 1.54) is 24.3 Å². The Morgan fingerprint density at radius 2 is 1.90 bits per heavy atom. The number of aromatic nitrogens is 1. The van der Waals surface area contributed by atoms with Crippen LogP contribution in [-0.4, -0.2) is 28.1 Å². The molecular weight excluding hydrogens is 387 g/mol. The number of fused-ring (bicyclic) bond motifs is 1. The number of hydrogen-bond acceptors (Lipinski definition) is 6. The number of aliphatic hydroxyl groups excluding tert-OH is 1. The first-order chi connectivity index (χ1) is 14.5. The largest absolute Gasteiger partial charge is 0.388 e. The summed E-state index contributed by atoms with van der Waals surface area (Å²) in [6.07, 6.45) is 0.786. The summed E-state index contributed by atoms with van der Waals surface area (Å²) in [7, 11) is 0. The predicted octanol–water partition coefficient (Wildman–Crippen LogP) is 4.10. The van der Waals surface area contributed by atoms with Crippen LogP contribution < -0.4 is 4.90 Å². The van der Waals surface area contributed by atoms with Crippen LogP contribution in [-0.2, 0) is 0 Å². The fraction of sp³-hybridized carbons (Fsp3) is 0.273. The SMILES string of the molecule is N#Cc1cc(N2CCC(C(O)c3ccc(F)cc3)CC2)nc2ccc([N+](=O)[O-])cc12. The molecule has 2 aromatic carbocycles. The number of nitriles is 1. The van der Waals surface area contributed by atoms with Gasteiger partial charge in [0.15, 0.2) is 0 Å². The van der Waals surface area contributed by atoms with E-state index < -0.39 is 11.0 Å². The number of nitro groups is 1. The molecule has 3 aromatic rings. The van der Waals surface area contributed by atoms with E-state index >= 15 is 0 Å². The third-order valence-corrected chi connectivity index (χ3v) is 5.63. The quantitative estimate of drug-likeness (QED) is 0.517. The van der Waals surface area contributed by atoms with Crippen LogP contribution in [0.2, 0.25) is 0 Å². The van der Waals surface area contributed by atoms with Crippen LogP contribution in [0, 0.1) is 33.2 Å². The zero-order chi connectivity index (χ0) is 21.3. The van der Waals surface area contributed by atoms with E-state index in [2.05, 4.69) is 16.0 Å². The highest BCUT2D eigenvalue weighted by Crippen LogP contribution is 2.33. The highest BCUT2D eigenvalue weighted by molar-refractivity contribution is 5.88. The zero-order valence-corrected chi connectivity index (χ0v) is 16.0. The minimum Gasteiger partial charge on any atom is -0.388 e. The van der Waals surface area contributed by atoms with E-state index in [9.17, 15) is 24.9 Å². The summed E-state index contributed by atoms with van der Waals surface area (Å²) in [6.45, 7) is 1.30. The molecule has 1 saturated heterocycles. The maximum atomic E-state index is 13.1. The molecule has 1 aliphatic rings. The summed E-state index contributed by atoms with van der Waals surface area (Å²) in [5.41, 5.74) is 1.49. The molecule has 30 heavy (non-hydrogen) atoms. The molecule has 1 aromatic heterocycles. The van der Waals surface area contributed by atoms with E-state index in [1.54, 1.807) is 24.3 Å². The fourth-order valence-corrected chi connectivity index (χ4v) is 3.94. The van der Waals surface area contributed by atoms with Gasteiger partial charge in [-0.25, -0.2) is 9.37 Å². The van der Waals surface area contributed by atoms with Crippen molar-refractivity contribution < 1.29 is 14.4 Å². The number of aliphatic hydroxyl groups is 1. The Kier molecular flexibility index (Phi) is 5.29. The third-order valence-electron chi connectivity index (χ3n) is 5.63. The number of anilines is 1. The number of benzene rings is 2. The van der Waals surface area contributed by atoms with Crippen molar-refractivity contribution in [2.75, 3.05) is 18.0 Å². The minimum absolute atomic E-state index is 0.0465. The summed E-state index contributed by atoms with van der Waals surface area (Å²) in [5.74, 6) is 0.356. The molecule has 1 fully saturated rings. The van der Waals surface area contributed by atoms with E-state index in [1.807, 2.05) is 0 Å². The lowest BCUT2D eigenvalue weighted by atomic mass is 9.87. The van der Waals surface area contributed by atoms with Crippen molar-refractivity contribution in [2.24, 2.45) is 5.92 Å². The molecule has 0 amide bonds. The highest BCUT2D eigenvalue weighted by Gasteiger charge is 2.27. The van der Waals surface area contributed by atoms with Crippen molar-refractivity contribution in [1.29, 1.82) is 5.26 Å². The van der Waals surface area contributed by atoms with Crippen LogP contribution in [0.4, 0.5) is 15.9 Å². The second-order valence-corrected chi connectivity index (χ2v) is 7.42. The van der Waals surface area contributed by atoms with Gasteiger partial charge < -0.3 is 10.0 Å². The molecule has 8 heteroatoms. The lowest BCUT2D eigenvalue weighted by Crippen LogP contribution is -2.36. The summed E-state index contributed by atoms with van der Waals surface area (Å²) in [6, 6.07) is 14.0. The summed E-state index contributed by atoms with van der Waals surface area (Å²) < 4.78 is 13.1. The first-order valence-corrected chi connectivity index (χ1v) is 9.64. The van der Waals surface area contributed by atoms with Gasteiger partial charge in [-0.2, -0.15) is 5.26 Å². The maximum Gasteiger partial charge on any atom is 0.270 e. The van der Waals surface area contributed by atoms with Crippen LogP contribution in [0.25, 0.3) is 10.9 Å². The maximum absolute atomic E-state index is 13.1. The molecule has 2 heterocycles. The molecule has 1 aliphatic heterocycles. The molecule has 152 valence electrons. The van der Waals surface area contributed by atoms with Gasteiger partial charge in [-0.3, -0.25) is 10.1 Å². The van der Waals surface area contributed by atoms with Crippen LogP contribution >= 0.6 is 0 Å². The summed E-state index contributed by atoms with van der Waals surface area (Å²) >= 11 is 0. The number of hydrogen-bond donors (Lipinski definition) is 1. The molecule has 4 rings (SSSR count). The monoisotopic (exact) mass is 406 g/mol. The standard InChI is InChI=1S/C22H19FN4O3/c23-17-3-1-14(2-4-17)22(28)15-7-9-26(10-8-15)21-11-16(13-24)19-12-18(27(29)30)5-6-20(19)25-21/h1-6,11-12,15,22,28H,7-10H2. The zero-order valence-electron chi connectivity index (χ0n) is 16.0. The Labute approximate surface area is 172 Å². The van der Waals surface area contributed by atoms with E-state index in [0.717, 1.165) is 12.8 Å². The first-order valence-electron chi connectivity index (χ1n) is 9.64. The van der Waals surface area contributed by atoms with Crippen molar-refractivity contribution in [3.05, 3.63) is 75.6 Å². The van der Waals surface area contributed by atoms with Crippen LogP contribution in [0.3, 0.4) is 0 Å². The van der Waals surface area contributed by atoms with E-state index in [-0.39, 0.29) is 17.4 Å². The molecule has 7 nitrogen and oxygen atoms in total. The Hall–Kier alpha value is -3.57. The van der Waals surface area contributed by atoms with Gasteiger partial charge in [-0.05, 0) is 48.6 Å². The average Bonchev–Trinajstić information content (AvgIpc) is 2.78. The van der Waals surface area contributed by atoms with Gasteiger partial charge in [0.2, 0.25) is 0 Å². The Balaban J connectivity index is 1.53. The van der Waals surface area contributed by atoms with Gasteiger partial charge in [0.25, 0.3) is 5.69 Å². The topological polar surface area (TPSA) is 103 Å². The fourth-order valence-electron chi connectivity index (χ4n) is 3.94. The normalized spacial score (nSPS) is 15.7. The van der Waals surface area contributed by atoms with Crippen molar-refractivity contribution in [3.63, 3.8) is 0 Å².